The van der Waals surface area contributed by atoms with E-state index in [-0.39, 0.29) is 0 Å². The number of anilines is 2. The van der Waals surface area contributed by atoms with E-state index in [0.29, 0.717) is 0 Å². The van der Waals surface area contributed by atoms with Crippen LogP contribution in [0.2, 0.25) is 5.02 Å². The molecule has 2 nitrogen and oxygen atoms in total. The summed E-state index contributed by atoms with van der Waals surface area (Å²) in [6.45, 7) is 2.01. The van der Waals surface area contributed by atoms with Crippen molar-refractivity contribution in [2.45, 2.75) is 6.92 Å². The molecule has 0 bridgehead atoms. The first-order chi connectivity index (χ1) is 8.06. The van der Waals surface area contributed by atoms with Gasteiger partial charge in [-0.05, 0) is 75.3 Å². The van der Waals surface area contributed by atoms with Crippen molar-refractivity contribution in [1.29, 1.82) is 0 Å². The third-order valence-corrected chi connectivity index (χ3v) is 3.89. The molecule has 88 valence electrons. The Morgan fingerprint density at radius 2 is 2.12 bits per heavy atom. The molecule has 0 atom stereocenters. The van der Waals surface area contributed by atoms with Gasteiger partial charge in [0, 0.05) is 14.8 Å². The van der Waals surface area contributed by atoms with Gasteiger partial charge in [-0.15, -0.1) is 0 Å². The first-order valence-electron chi connectivity index (χ1n) is 4.90. The molecular formula is C12H9BrClIN2. The summed E-state index contributed by atoms with van der Waals surface area (Å²) in [7, 11) is 0. The van der Waals surface area contributed by atoms with Crippen LogP contribution in [0, 0.1) is 10.5 Å². The lowest BCUT2D eigenvalue weighted by atomic mass is 10.3. The SMILES string of the molecule is Cc1cnc(Nc2ccc(Cl)cc2I)c(Br)c1. The summed E-state index contributed by atoms with van der Waals surface area (Å²) in [5.41, 5.74) is 2.11. The molecule has 1 heterocycles. The highest BCUT2D eigenvalue weighted by Crippen LogP contribution is 2.28. The van der Waals surface area contributed by atoms with E-state index >= 15 is 0 Å². The molecule has 0 spiro atoms. The maximum Gasteiger partial charge on any atom is 0.144 e. The highest BCUT2D eigenvalue weighted by Gasteiger charge is 2.05. The van der Waals surface area contributed by atoms with Crippen molar-refractivity contribution < 1.29 is 0 Å². The van der Waals surface area contributed by atoms with Crippen LogP contribution in [0.3, 0.4) is 0 Å². The highest BCUT2D eigenvalue weighted by atomic mass is 127. The Morgan fingerprint density at radius 1 is 1.35 bits per heavy atom. The average molecular weight is 423 g/mol. The molecule has 2 rings (SSSR count). The maximum absolute atomic E-state index is 5.91. The van der Waals surface area contributed by atoms with Crippen molar-refractivity contribution in [3.8, 4) is 0 Å². The normalized spacial score (nSPS) is 10.4. The molecular weight excluding hydrogens is 414 g/mol. The van der Waals surface area contributed by atoms with Gasteiger partial charge in [0.2, 0.25) is 0 Å². The van der Waals surface area contributed by atoms with Crippen LogP contribution >= 0.6 is 50.1 Å². The third kappa shape index (κ3) is 3.33. The Labute approximate surface area is 127 Å². The van der Waals surface area contributed by atoms with Crippen molar-refractivity contribution in [3.63, 3.8) is 0 Å². The van der Waals surface area contributed by atoms with Crippen molar-refractivity contribution in [2.24, 2.45) is 0 Å². The first-order valence-corrected chi connectivity index (χ1v) is 7.15. The fourth-order valence-electron chi connectivity index (χ4n) is 1.34. The van der Waals surface area contributed by atoms with Crippen LogP contribution in [0.15, 0.2) is 34.9 Å². The van der Waals surface area contributed by atoms with E-state index in [1.54, 1.807) is 0 Å². The fourth-order valence-corrected chi connectivity index (χ4v) is 2.91. The Hall–Kier alpha value is -0.330. The lowest BCUT2D eigenvalue weighted by Crippen LogP contribution is -1.97. The summed E-state index contributed by atoms with van der Waals surface area (Å²) in [4.78, 5) is 4.34. The van der Waals surface area contributed by atoms with Crippen LogP contribution in [-0.4, -0.2) is 4.98 Å². The average Bonchev–Trinajstić information content (AvgIpc) is 2.25. The van der Waals surface area contributed by atoms with Gasteiger partial charge in [-0.1, -0.05) is 11.6 Å². The molecule has 17 heavy (non-hydrogen) atoms. The van der Waals surface area contributed by atoms with E-state index in [1.165, 1.54) is 0 Å². The molecule has 0 aliphatic rings. The van der Waals surface area contributed by atoms with Gasteiger partial charge in [0.05, 0.1) is 10.2 Å². The van der Waals surface area contributed by atoms with E-state index in [0.717, 1.165) is 30.1 Å². The van der Waals surface area contributed by atoms with E-state index < -0.39 is 0 Å². The lowest BCUT2D eigenvalue weighted by molar-refractivity contribution is 1.24. The number of pyridine rings is 1. The molecule has 0 radical (unpaired) electrons. The maximum atomic E-state index is 5.91. The number of nitrogens with zero attached hydrogens (tertiary/aromatic N) is 1. The molecule has 5 heteroatoms. The minimum atomic E-state index is 0.732. The van der Waals surface area contributed by atoms with Crippen molar-refractivity contribution in [3.05, 3.63) is 49.1 Å². The summed E-state index contributed by atoms with van der Waals surface area (Å²) in [5, 5.41) is 4.00. The lowest BCUT2D eigenvalue weighted by Gasteiger charge is -2.10. The molecule has 0 saturated heterocycles. The molecule has 1 N–H and O–H groups in total. The zero-order chi connectivity index (χ0) is 12.4. The van der Waals surface area contributed by atoms with Crippen LogP contribution in [0.25, 0.3) is 0 Å². The van der Waals surface area contributed by atoms with Gasteiger partial charge in [0.25, 0.3) is 0 Å². The predicted molar refractivity (Wildman–Crippen MR) is 84.1 cm³/mol. The Balaban J connectivity index is 2.31. The Kier molecular flexibility index (Phi) is 4.27. The van der Waals surface area contributed by atoms with E-state index in [2.05, 4.69) is 48.8 Å². The van der Waals surface area contributed by atoms with Gasteiger partial charge in [-0.2, -0.15) is 0 Å². The minimum absolute atomic E-state index is 0.732. The molecule has 1 aromatic carbocycles. The minimum Gasteiger partial charge on any atom is -0.338 e. The second kappa shape index (κ2) is 5.54. The zero-order valence-corrected chi connectivity index (χ0v) is 13.5. The van der Waals surface area contributed by atoms with Gasteiger partial charge in [0.1, 0.15) is 5.82 Å². The summed E-state index contributed by atoms with van der Waals surface area (Å²) in [6.07, 6.45) is 1.83. The number of benzene rings is 1. The van der Waals surface area contributed by atoms with Crippen molar-refractivity contribution >= 4 is 61.6 Å². The number of aromatic nitrogens is 1. The smallest absolute Gasteiger partial charge is 0.144 e. The number of aryl methyl sites for hydroxylation is 1. The number of nitrogens with one attached hydrogen (secondary N) is 1. The van der Waals surface area contributed by atoms with E-state index in [4.69, 9.17) is 11.6 Å². The monoisotopic (exact) mass is 422 g/mol. The second-order valence-electron chi connectivity index (χ2n) is 3.59. The molecule has 1 aromatic heterocycles. The number of halogens is 3. The predicted octanol–water partition coefficient (Wildman–Crippen LogP) is 5.15. The number of hydrogen-bond donors (Lipinski definition) is 1. The van der Waals surface area contributed by atoms with E-state index in [1.807, 2.05) is 37.4 Å². The Morgan fingerprint density at radius 3 is 2.76 bits per heavy atom. The molecule has 2 aromatic rings. The molecule has 0 saturated carbocycles. The number of rotatable bonds is 2. The molecule has 0 amide bonds. The highest BCUT2D eigenvalue weighted by molar-refractivity contribution is 14.1. The standard InChI is InChI=1S/C12H9BrClIN2/c1-7-4-9(13)12(16-6-7)17-11-3-2-8(14)5-10(11)15/h2-6H,1H3,(H,16,17). The van der Waals surface area contributed by atoms with Crippen LogP contribution in [0.4, 0.5) is 11.5 Å². The number of hydrogen-bond acceptors (Lipinski definition) is 2. The fraction of sp³-hybridized carbons (Fsp3) is 0.0833. The van der Waals surface area contributed by atoms with Gasteiger partial charge < -0.3 is 5.32 Å². The molecule has 0 aliphatic heterocycles. The van der Waals surface area contributed by atoms with Crippen LogP contribution in [0.1, 0.15) is 5.56 Å². The van der Waals surface area contributed by atoms with Gasteiger partial charge in [-0.3, -0.25) is 0 Å². The van der Waals surface area contributed by atoms with Crippen molar-refractivity contribution in [1.82, 2.24) is 4.98 Å². The molecule has 0 fully saturated rings. The van der Waals surface area contributed by atoms with Crippen LogP contribution in [-0.2, 0) is 0 Å². The second-order valence-corrected chi connectivity index (χ2v) is 6.05. The summed E-state index contributed by atoms with van der Waals surface area (Å²) >= 11 is 11.6. The molecule has 0 unspecified atom stereocenters. The van der Waals surface area contributed by atoms with E-state index in [9.17, 15) is 0 Å². The quantitative estimate of drug-likeness (QED) is 0.676. The van der Waals surface area contributed by atoms with Crippen molar-refractivity contribution in [2.75, 3.05) is 5.32 Å². The Bertz CT molecular complexity index is 511. The zero-order valence-electron chi connectivity index (χ0n) is 8.97. The van der Waals surface area contributed by atoms with Crippen LogP contribution < -0.4 is 5.32 Å². The first kappa shape index (κ1) is 13.1. The topological polar surface area (TPSA) is 24.9 Å². The summed E-state index contributed by atoms with van der Waals surface area (Å²) in [6, 6.07) is 7.73. The summed E-state index contributed by atoms with van der Waals surface area (Å²) < 4.78 is 2.01. The van der Waals surface area contributed by atoms with Gasteiger partial charge >= 0.3 is 0 Å². The molecule has 0 aliphatic carbocycles. The largest absolute Gasteiger partial charge is 0.338 e. The summed E-state index contributed by atoms with van der Waals surface area (Å²) in [5.74, 6) is 0.802. The van der Waals surface area contributed by atoms with Crippen LogP contribution in [0.5, 0.6) is 0 Å². The third-order valence-electron chi connectivity index (χ3n) is 2.16. The van der Waals surface area contributed by atoms with Gasteiger partial charge in [0.15, 0.2) is 0 Å². The van der Waals surface area contributed by atoms with Gasteiger partial charge in [-0.25, -0.2) is 4.98 Å².